The first-order valence-electron chi connectivity index (χ1n) is 6.64. The van der Waals surface area contributed by atoms with Crippen LogP contribution in [0.3, 0.4) is 0 Å². The molecular formula is C15H17N3S. The first kappa shape index (κ1) is 12.4. The van der Waals surface area contributed by atoms with Gasteiger partial charge in [-0.2, -0.15) is 0 Å². The van der Waals surface area contributed by atoms with Crippen LogP contribution < -0.4 is 0 Å². The maximum absolute atomic E-state index is 4.44. The summed E-state index contributed by atoms with van der Waals surface area (Å²) in [6.45, 7) is 3.21. The molecular weight excluding hydrogens is 254 g/mol. The lowest BCUT2D eigenvalue weighted by molar-refractivity contribution is 0.402. The van der Waals surface area contributed by atoms with Gasteiger partial charge in [-0.3, -0.25) is 0 Å². The van der Waals surface area contributed by atoms with Gasteiger partial charge in [0.1, 0.15) is 0 Å². The summed E-state index contributed by atoms with van der Waals surface area (Å²) in [5.74, 6) is 2.15. The average molecular weight is 271 g/mol. The van der Waals surface area contributed by atoms with Gasteiger partial charge in [-0.15, -0.1) is 11.3 Å². The number of aromatic nitrogens is 3. The van der Waals surface area contributed by atoms with Gasteiger partial charge in [0.05, 0.1) is 0 Å². The summed E-state index contributed by atoms with van der Waals surface area (Å²) in [5.41, 5.74) is 0. The third kappa shape index (κ3) is 2.54. The minimum Gasteiger partial charge on any atom is -0.328 e. The van der Waals surface area contributed by atoms with Gasteiger partial charge in [0.15, 0.2) is 10.8 Å². The molecule has 3 rings (SSSR count). The maximum atomic E-state index is 4.44. The van der Waals surface area contributed by atoms with E-state index in [2.05, 4.69) is 52.0 Å². The first-order valence-corrected chi connectivity index (χ1v) is 7.52. The molecule has 2 aromatic rings. The van der Waals surface area contributed by atoms with E-state index >= 15 is 0 Å². The molecule has 0 N–H and O–H groups in total. The molecule has 0 radical (unpaired) electrons. The van der Waals surface area contributed by atoms with E-state index in [0.717, 1.165) is 17.4 Å². The predicted octanol–water partition coefficient (Wildman–Crippen LogP) is 3.78. The van der Waals surface area contributed by atoms with E-state index in [-0.39, 0.29) is 0 Å². The van der Waals surface area contributed by atoms with Crippen molar-refractivity contribution < 1.29 is 0 Å². The average Bonchev–Trinajstić information content (AvgIpc) is 3.09. The fourth-order valence-corrected chi connectivity index (χ4v) is 3.20. The van der Waals surface area contributed by atoms with Gasteiger partial charge in [0.2, 0.25) is 0 Å². The molecule has 0 fully saturated rings. The van der Waals surface area contributed by atoms with Crippen LogP contribution in [-0.2, 0) is 6.54 Å². The Morgan fingerprint density at radius 1 is 1.16 bits per heavy atom. The Kier molecular flexibility index (Phi) is 3.60. The van der Waals surface area contributed by atoms with Crippen LogP contribution >= 0.6 is 11.3 Å². The van der Waals surface area contributed by atoms with Crippen molar-refractivity contribution in [1.82, 2.24) is 14.5 Å². The predicted molar refractivity (Wildman–Crippen MR) is 78.9 cm³/mol. The molecule has 0 spiro atoms. The zero-order valence-corrected chi connectivity index (χ0v) is 11.8. The molecule has 2 aromatic heterocycles. The van der Waals surface area contributed by atoms with Crippen LogP contribution in [0, 0.1) is 11.8 Å². The molecule has 0 aliphatic heterocycles. The summed E-state index contributed by atoms with van der Waals surface area (Å²) >= 11 is 1.64. The lowest BCUT2D eigenvalue weighted by Crippen LogP contribution is -2.18. The number of hydrogen-bond donors (Lipinski definition) is 0. The fraction of sp³-hybridized carbons (Fsp3) is 0.333. The molecule has 98 valence electrons. The van der Waals surface area contributed by atoms with Crippen molar-refractivity contribution in [3.8, 4) is 10.8 Å². The number of imidazole rings is 1. The Labute approximate surface area is 117 Å². The monoisotopic (exact) mass is 271 g/mol. The molecule has 2 atom stereocenters. The van der Waals surface area contributed by atoms with E-state index in [4.69, 9.17) is 0 Å². The second-order valence-corrected chi connectivity index (χ2v) is 5.64. The van der Waals surface area contributed by atoms with Gasteiger partial charge < -0.3 is 4.57 Å². The zero-order chi connectivity index (χ0) is 13.1. The Morgan fingerprint density at radius 3 is 2.74 bits per heavy atom. The minimum absolute atomic E-state index is 0.544. The minimum atomic E-state index is 0.544. The fourth-order valence-electron chi connectivity index (χ4n) is 2.55. The summed E-state index contributed by atoms with van der Waals surface area (Å²) in [5, 5.41) is 2.99. The standard InChI is InChI=1S/C15H17N3S/c1-2-12-5-3-4-6-13(12)11-18-9-7-16-14(18)15-17-8-10-19-15/h3-10,12-13H,2,11H2,1H3. The zero-order valence-electron chi connectivity index (χ0n) is 10.9. The normalized spacial score (nSPS) is 21.9. The van der Waals surface area contributed by atoms with Crippen LogP contribution in [0.4, 0.5) is 0 Å². The third-order valence-electron chi connectivity index (χ3n) is 3.60. The van der Waals surface area contributed by atoms with Gasteiger partial charge in [-0.05, 0) is 12.3 Å². The van der Waals surface area contributed by atoms with E-state index < -0.39 is 0 Å². The molecule has 0 saturated carbocycles. The Balaban J connectivity index is 1.83. The van der Waals surface area contributed by atoms with E-state index in [9.17, 15) is 0 Å². The smallest absolute Gasteiger partial charge is 0.169 e. The second-order valence-electron chi connectivity index (χ2n) is 4.75. The van der Waals surface area contributed by atoms with Crippen molar-refractivity contribution in [2.24, 2.45) is 11.8 Å². The van der Waals surface area contributed by atoms with Crippen LogP contribution in [0.15, 0.2) is 48.3 Å². The van der Waals surface area contributed by atoms with Gasteiger partial charge >= 0.3 is 0 Å². The summed E-state index contributed by atoms with van der Waals surface area (Å²) in [6.07, 6.45) is 15.8. The number of nitrogens with zero attached hydrogens (tertiary/aromatic N) is 3. The van der Waals surface area contributed by atoms with Crippen molar-refractivity contribution in [1.29, 1.82) is 0 Å². The molecule has 0 amide bonds. The quantitative estimate of drug-likeness (QED) is 0.847. The van der Waals surface area contributed by atoms with Crippen LogP contribution in [-0.4, -0.2) is 14.5 Å². The van der Waals surface area contributed by atoms with Crippen molar-refractivity contribution in [3.63, 3.8) is 0 Å². The van der Waals surface area contributed by atoms with Crippen LogP contribution in [0.1, 0.15) is 13.3 Å². The second kappa shape index (κ2) is 5.53. The molecule has 3 nitrogen and oxygen atoms in total. The number of thiazole rings is 1. The van der Waals surface area contributed by atoms with Crippen molar-refractivity contribution in [2.75, 3.05) is 0 Å². The lowest BCUT2D eigenvalue weighted by atomic mass is 9.86. The molecule has 0 bridgehead atoms. The Morgan fingerprint density at radius 2 is 2.00 bits per heavy atom. The number of rotatable bonds is 4. The number of allylic oxidation sites excluding steroid dienone is 4. The highest BCUT2D eigenvalue weighted by Crippen LogP contribution is 2.27. The molecule has 4 heteroatoms. The Hall–Kier alpha value is -1.68. The highest BCUT2D eigenvalue weighted by atomic mass is 32.1. The van der Waals surface area contributed by atoms with Gasteiger partial charge in [0.25, 0.3) is 0 Å². The van der Waals surface area contributed by atoms with Crippen molar-refractivity contribution in [3.05, 3.63) is 48.3 Å². The van der Waals surface area contributed by atoms with E-state index in [1.165, 1.54) is 6.42 Å². The van der Waals surface area contributed by atoms with E-state index in [0.29, 0.717) is 11.8 Å². The molecule has 19 heavy (non-hydrogen) atoms. The molecule has 1 aliphatic rings. The van der Waals surface area contributed by atoms with E-state index in [1.54, 1.807) is 11.3 Å². The summed E-state index contributed by atoms with van der Waals surface area (Å²) in [4.78, 5) is 8.80. The summed E-state index contributed by atoms with van der Waals surface area (Å²) < 4.78 is 2.22. The van der Waals surface area contributed by atoms with Crippen LogP contribution in [0.25, 0.3) is 10.8 Å². The molecule has 0 aromatic carbocycles. The molecule has 0 saturated heterocycles. The van der Waals surface area contributed by atoms with E-state index in [1.807, 2.05) is 17.8 Å². The molecule has 2 heterocycles. The lowest BCUT2D eigenvalue weighted by Gasteiger charge is -2.23. The van der Waals surface area contributed by atoms with Gasteiger partial charge in [0, 0.05) is 36.4 Å². The van der Waals surface area contributed by atoms with Gasteiger partial charge in [-0.25, -0.2) is 9.97 Å². The van der Waals surface area contributed by atoms with Crippen molar-refractivity contribution in [2.45, 2.75) is 19.9 Å². The van der Waals surface area contributed by atoms with Crippen LogP contribution in [0.5, 0.6) is 0 Å². The summed E-state index contributed by atoms with van der Waals surface area (Å²) in [7, 11) is 0. The third-order valence-corrected chi connectivity index (χ3v) is 4.36. The Bertz CT molecular complexity index is 580. The largest absolute Gasteiger partial charge is 0.328 e. The maximum Gasteiger partial charge on any atom is 0.169 e. The molecule has 2 unspecified atom stereocenters. The SMILES string of the molecule is CCC1C=CC=CC1Cn1ccnc1-c1nccs1. The highest BCUT2D eigenvalue weighted by molar-refractivity contribution is 7.13. The topological polar surface area (TPSA) is 30.7 Å². The van der Waals surface area contributed by atoms with Crippen molar-refractivity contribution >= 4 is 11.3 Å². The van der Waals surface area contributed by atoms with Gasteiger partial charge in [-0.1, -0.05) is 31.2 Å². The highest BCUT2D eigenvalue weighted by Gasteiger charge is 2.19. The number of hydrogen-bond acceptors (Lipinski definition) is 3. The first-order chi connectivity index (χ1) is 9.38. The van der Waals surface area contributed by atoms with Crippen LogP contribution in [0.2, 0.25) is 0 Å². The molecule has 1 aliphatic carbocycles. The summed E-state index contributed by atoms with van der Waals surface area (Å²) in [6, 6.07) is 0.